The van der Waals surface area contributed by atoms with E-state index in [0.29, 0.717) is 42.5 Å². The lowest BCUT2D eigenvalue weighted by Gasteiger charge is -2.34. The van der Waals surface area contributed by atoms with Crippen LogP contribution in [-0.2, 0) is 0 Å². The lowest BCUT2D eigenvalue weighted by Crippen LogP contribution is -2.50. The Kier molecular flexibility index (Phi) is 5.12. The highest BCUT2D eigenvalue weighted by Gasteiger charge is 2.26. The van der Waals surface area contributed by atoms with Crippen LogP contribution in [0.1, 0.15) is 20.8 Å². The third kappa shape index (κ3) is 3.77. The minimum absolute atomic E-state index is 0.0448. The van der Waals surface area contributed by atoms with Gasteiger partial charge in [-0.15, -0.1) is 0 Å². The van der Waals surface area contributed by atoms with E-state index in [0.717, 1.165) is 11.3 Å². The number of piperazine rings is 1. The molecule has 0 radical (unpaired) electrons. The monoisotopic (exact) mass is 394 g/mol. The van der Waals surface area contributed by atoms with Crippen molar-refractivity contribution in [1.82, 2.24) is 20.0 Å². The van der Waals surface area contributed by atoms with Gasteiger partial charge in [-0.2, -0.15) is 5.10 Å². The molecule has 3 aromatic rings. The molecule has 142 valence electrons. The molecule has 0 bridgehead atoms. The van der Waals surface area contributed by atoms with Crippen molar-refractivity contribution in [1.29, 1.82) is 0 Å². The number of carbonyl (C=O) groups excluding carboxylic acids is 2. The van der Waals surface area contributed by atoms with E-state index in [9.17, 15) is 9.59 Å². The summed E-state index contributed by atoms with van der Waals surface area (Å²) in [6.45, 7) is 1.95. The number of H-pyrrole nitrogens is 1. The fourth-order valence-corrected chi connectivity index (χ4v) is 3.37. The summed E-state index contributed by atoms with van der Waals surface area (Å²) in [6, 6.07) is 18.3. The average Bonchev–Trinajstić information content (AvgIpc) is 3.24. The van der Waals surface area contributed by atoms with Crippen molar-refractivity contribution in [2.75, 3.05) is 26.2 Å². The first-order valence-corrected chi connectivity index (χ1v) is 9.44. The summed E-state index contributed by atoms with van der Waals surface area (Å²) in [6.07, 6.45) is 0. The Labute approximate surface area is 167 Å². The molecule has 0 unspecified atom stereocenters. The fourth-order valence-electron chi connectivity index (χ4n) is 3.25. The van der Waals surface area contributed by atoms with Crippen molar-refractivity contribution in [2.45, 2.75) is 0 Å². The molecule has 2 aromatic carbocycles. The smallest absolute Gasteiger partial charge is 0.272 e. The van der Waals surface area contributed by atoms with E-state index in [1.807, 2.05) is 30.3 Å². The Balaban J connectivity index is 1.38. The van der Waals surface area contributed by atoms with Gasteiger partial charge < -0.3 is 9.80 Å². The molecule has 2 amide bonds. The Hall–Kier alpha value is -3.12. The molecule has 0 atom stereocenters. The summed E-state index contributed by atoms with van der Waals surface area (Å²) in [5.41, 5.74) is 2.75. The van der Waals surface area contributed by atoms with E-state index in [1.54, 1.807) is 40.1 Å². The van der Waals surface area contributed by atoms with Gasteiger partial charge in [-0.3, -0.25) is 14.7 Å². The Morgan fingerprint density at radius 1 is 0.857 bits per heavy atom. The van der Waals surface area contributed by atoms with Crippen molar-refractivity contribution in [2.24, 2.45) is 0 Å². The topological polar surface area (TPSA) is 69.3 Å². The fraction of sp³-hybridized carbons (Fsp3) is 0.190. The average molecular weight is 395 g/mol. The maximum absolute atomic E-state index is 12.8. The van der Waals surface area contributed by atoms with E-state index < -0.39 is 0 Å². The Bertz CT molecular complexity index is 977. The quantitative estimate of drug-likeness (QED) is 0.740. The SMILES string of the molecule is O=C(c1ccc(Cl)cc1)N1CCN(C(=O)c2cc(-c3ccccc3)n[nH]2)CC1. The van der Waals surface area contributed by atoms with Crippen LogP contribution in [0.5, 0.6) is 0 Å². The first-order chi connectivity index (χ1) is 13.6. The zero-order chi connectivity index (χ0) is 19.5. The number of carbonyl (C=O) groups is 2. The second kappa shape index (κ2) is 7.86. The lowest BCUT2D eigenvalue weighted by molar-refractivity contribution is 0.0532. The number of benzene rings is 2. The van der Waals surface area contributed by atoms with Crippen LogP contribution < -0.4 is 0 Å². The molecule has 1 N–H and O–H groups in total. The van der Waals surface area contributed by atoms with E-state index >= 15 is 0 Å². The molecule has 1 aliphatic heterocycles. The van der Waals surface area contributed by atoms with E-state index in [2.05, 4.69) is 10.2 Å². The largest absolute Gasteiger partial charge is 0.335 e. The summed E-state index contributed by atoms with van der Waals surface area (Å²) >= 11 is 5.88. The minimum atomic E-state index is -0.103. The molecule has 2 heterocycles. The predicted molar refractivity (Wildman–Crippen MR) is 107 cm³/mol. The van der Waals surface area contributed by atoms with Gasteiger partial charge in [0.2, 0.25) is 0 Å². The first kappa shape index (κ1) is 18.3. The summed E-state index contributed by atoms with van der Waals surface area (Å²) in [5, 5.41) is 7.68. The van der Waals surface area contributed by atoms with Gasteiger partial charge in [-0.05, 0) is 30.3 Å². The van der Waals surface area contributed by atoms with Gasteiger partial charge in [-0.25, -0.2) is 0 Å². The van der Waals surface area contributed by atoms with E-state index in [4.69, 9.17) is 11.6 Å². The van der Waals surface area contributed by atoms with Crippen molar-refractivity contribution >= 4 is 23.4 Å². The van der Waals surface area contributed by atoms with Crippen LogP contribution in [-0.4, -0.2) is 58.0 Å². The van der Waals surface area contributed by atoms with Gasteiger partial charge >= 0.3 is 0 Å². The van der Waals surface area contributed by atoms with Crippen LogP contribution >= 0.6 is 11.6 Å². The summed E-state index contributed by atoms with van der Waals surface area (Å²) in [7, 11) is 0. The summed E-state index contributed by atoms with van der Waals surface area (Å²) in [4.78, 5) is 28.8. The summed E-state index contributed by atoms with van der Waals surface area (Å²) < 4.78 is 0. The molecule has 1 aromatic heterocycles. The van der Waals surface area contributed by atoms with E-state index in [-0.39, 0.29) is 11.8 Å². The van der Waals surface area contributed by atoms with Gasteiger partial charge in [0, 0.05) is 42.3 Å². The molecule has 1 fully saturated rings. The number of hydrogen-bond donors (Lipinski definition) is 1. The number of nitrogens with zero attached hydrogens (tertiary/aromatic N) is 3. The number of halogens is 1. The van der Waals surface area contributed by atoms with Crippen molar-refractivity contribution in [3.8, 4) is 11.3 Å². The number of aromatic amines is 1. The molecule has 1 saturated heterocycles. The first-order valence-electron chi connectivity index (χ1n) is 9.07. The van der Waals surface area contributed by atoms with Crippen LogP contribution in [0.2, 0.25) is 5.02 Å². The third-order valence-electron chi connectivity index (χ3n) is 4.82. The second-order valence-corrected chi connectivity index (χ2v) is 7.06. The molecule has 7 heteroatoms. The molecule has 6 nitrogen and oxygen atoms in total. The predicted octanol–water partition coefficient (Wildman–Crippen LogP) is 3.33. The molecular weight excluding hydrogens is 376 g/mol. The Morgan fingerprint density at radius 3 is 2.11 bits per heavy atom. The van der Waals surface area contributed by atoms with Gasteiger partial charge in [0.1, 0.15) is 5.69 Å². The van der Waals surface area contributed by atoms with Gasteiger partial charge in [0.05, 0.1) is 5.69 Å². The molecular formula is C21H19ClN4O2. The standard InChI is InChI=1S/C21H19ClN4O2/c22-17-8-6-16(7-9-17)20(27)25-10-12-26(13-11-25)21(28)19-14-18(23-24-19)15-4-2-1-3-5-15/h1-9,14H,10-13H2,(H,23,24). The zero-order valence-corrected chi connectivity index (χ0v) is 15.9. The maximum Gasteiger partial charge on any atom is 0.272 e. The van der Waals surface area contributed by atoms with Crippen LogP contribution in [0.15, 0.2) is 60.7 Å². The van der Waals surface area contributed by atoms with Crippen molar-refractivity contribution < 1.29 is 9.59 Å². The number of hydrogen-bond acceptors (Lipinski definition) is 3. The number of amides is 2. The Morgan fingerprint density at radius 2 is 1.46 bits per heavy atom. The van der Waals surface area contributed by atoms with Crippen LogP contribution in [0.3, 0.4) is 0 Å². The van der Waals surface area contributed by atoms with Gasteiger partial charge in [0.15, 0.2) is 0 Å². The number of rotatable bonds is 3. The highest BCUT2D eigenvalue weighted by atomic mass is 35.5. The summed E-state index contributed by atoms with van der Waals surface area (Å²) in [5.74, 6) is -0.148. The molecule has 28 heavy (non-hydrogen) atoms. The molecule has 1 aliphatic rings. The van der Waals surface area contributed by atoms with Gasteiger partial charge in [-0.1, -0.05) is 41.9 Å². The number of nitrogens with one attached hydrogen (secondary N) is 1. The highest BCUT2D eigenvalue weighted by molar-refractivity contribution is 6.30. The number of aromatic nitrogens is 2. The van der Waals surface area contributed by atoms with Crippen LogP contribution in [0, 0.1) is 0 Å². The molecule has 4 rings (SSSR count). The maximum atomic E-state index is 12.8. The lowest BCUT2D eigenvalue weighted by atomic mass is 10.1. The minimum Gasteiger partial charge on any atom is -0.335 e. The van der Waals surface area contributed by atoms with Crippen LogP contribution in [0.25, 0.3) is 11.3 Å². The molecule has 0 spiro atoms. The van der Waals surface area contributed by atoms with Crippen molar-refractivity contribution in [3.05, 3.63) is 76.9 Å². The van der Waals surface area contributed by atoms with E-state index in [1.165, 1.54) is 0 Å². The van der Waals surface area contributed by atoms with Crippen molar-refractivity contribution in [3.63, 3.8) is 0 Å². The zero-order valence-electron chi connectivity index (χ0n) is 15.1. The normalized spacial score (nSPS) is 14.2. The van der Waals surface area contributed by atoms with Gasteiger partial charge in [0.25, 0.3) is 11.8 Å². The highest BCUT2D eigenvalue weighted by Crippen LogP contribution is 2.19. The molecule has 0 aliphatic carbocycles. The third-order valence-corrected chi connectivity index (χ3v) is 5.08. The van der Waals surface area contributed by atoms with Crippen LogP contribution in [0.4, 0.5) is 0 Å². The second-order valence-electron chi connectivity index (χ2n) is 6.62. The molecule has 0 saturated carbocycles.